The molecule has 3 N–H and O–H groups in total. The number of rotatable bonds is 2. The van der Waals surface area contributed by atoms with Crippen LogP contribution in [0.3, 0.4) is 0 Å². The highest BCUT2D eigenvalue weighted by Crippen LogP contribution is 2.21. The van der Waals surface area contributed by atoms with E-state index in [1.807, 2.05) is 24.3 Å². The molecule has 4 heteroatoms. The van der Waals surface area contributed by atoms with Gasteiger partial charge in [-0.05, 0) is 11.1 Å². The molecule has 0 spiro atoms. The largest absolute Gasteiger partial charge is 0.447 e. The molecule has 1 unspecified atom stereocenters. The predicted molar refractivity (Wildman–Crippen MR) is 51.6 cm³/mol. The molecule has 0 aromatic heterocycles. The summed E-state index contributed by atoms with van der Waals surface area (Å²) in [6.07, 6.45) is -0.359. The van der Waals surface area contributed by atoms with Crippen molar-refractivity contribution < 1.29 is 9.53 Å². The van der Waals surface area contributed by atoms with Crippen LogP contribution >= 0.6 is 0 Å². The molecule has 74 valence electrons. The van der Waals surface area contributed by atoms with E-state index < -0.39 is 0 Å². The Hall–Kier alpha value is -1.55. The second-order valence-corrected chi connectivity index (χ2v) is 3.20. The van der Waals surface area contributed by atoms with E-state index in [4.69, 9.17) is 10.5 Å². The van der Waals surface area contributed by atoms with E-state index in [-0.39, 0.29) is 12.1 Å². The molecule has 1 aliphatic heterocycles. The first-order valence-corrected chi connectivity index (χ1v) is 4.52. The monoisotopic (exact) mass is 192 g/mol. The minimum Gasteiger partial charge on any atom is -0.447 e. The van der Waals surface area contributed by atoms with Crippen LogP contribution in [-0.2, 0) is 11.3 Å². The molecule has 4 nitrogen and oxygen atoms in total. The van der Waals surface area contributed by atoms with Crippen molar-refractivity contribution in [1.29, 1.82) is 0 Å². The molecule has 1 aromatic carbocycles. The number of cyclic esters (lactones) is 1. The van der Waals surface area contributed by atoms with Gasteiger partial charge in [-0.25, -0.2) is 4.79 Å². The van der Waals surface area contributed by atoms with Crippen molar-refractivity contribution in [3.63, 3.8) is 0 Å². The van der Waals surface area contributed by atoms with E-state index in [0.717, 1.165) is 11.1 Å². The Morgan fingerprint density at radius 3 is 2.93 bits per heavy atom. The summed E-state index contributed by atoms with van der Waals surface area (Å²) >= 11 is 0. The van der Waals surface area contributed by atoms with Crippen molar-refractivity contribution in [2.45, 2.75) is 12.6 Å². The van der Waals surface area contributed by atoms with E-state index >= 15 is 0 Å². The maximum atomic E-state index is 10.9. The van der Waals surface area contributed by atoms with Gasteiger partial charge in [-0.3, -0.25) is 0 Å². The summed E-state index contributed by atoms with van der Waals surface area (Å²) in [7, 11) is 0. The summed E-state index contributed by atoms with van der Waals surface area (Å²) in [5, 5.41) is 2.73. The topological polar surface area (TPSA) is 64.3 Å². The van der Waals surface area contributed by atoms with Crippen molar-refractivity contribution in [3.05, 3.63) is 35.4 Å². The van der Waals surface area contributed by atoms with Crippen LogP contribution < -0.4 is 11.1 Å². The summed E-state index contributed by atoms with van der Waals surface area (Å²) in [4.78, 5) is 10.9. The lowest BCUT2D eigenvalue weighted by Crippen LogP contribution is -2.20. The Balaban J connectivity index is 2.27. The second kappa shape index (κ2) is 3.67. The first kappa shape index (κ1) is 9.02. The summed E-state index contributed by atoms with van der Waals surface area (Å²) in [6, 6.07) is 7.73. The highest BCUT2D eigenvalue weighted by molar-refractivity contribution is 5.70. The third kappa shape index (κ3) is 1.56. The van der Waals surface area contributed by atoms with Crippen molar-refractivity contribution in [1.82, 2.24) is 5.32 Å². The van der Waals surface area contributed by atoms with Crippen LogP contribution in [0.2, 0.25) is 0 Å². The Morgan fingerprint density at radius 2 is 2.29 bits per heavy atom. The molecular weight excluding hydrogens is 180 g/mol. The van der Waals surface area contributed by atoms with Crippen LogP contribution in [0.25, 0.3) is 0 Å². The Labute approximate surface area is 82.1 Å². The van der Waals surface area contributed by atoms with Gasteiger partial charge < -0.3 is 15.8 Å². The van der Waals surface area contributed by atoms with Gasteiger partial charge in [0, 0.05) is 6.54 Å². The highest BCUT2D eigenvalue weighted by Gasteiger charge is 2.24. The van der Waals surface area contributed by atoms with Gasteiger partial charge in [0.15, 0.2) is 0 Å². The fourth-order valence-corrected chi connectivity index (χ4v) is 1.61. The lowest BCUT2D eigenvalue weighted by molar-refractivity contribution is 0.177. The summed E-state index contributed by atoms with van der Waals surface area (Å²) in [5.74, 6) is 0. The fraction of sp³-hybridized carbons (Fsp3) is 0.300. The summed E-state index contributed by atoms with van der Waals surface area (Å²) in [5.41, 5.74) is 7.69. The number of alkyl carbamates (subject to hydrolysis) is 1. The van der Waals surface area contributed by atoms with Crippen LogP contribution in [0, 0.1) is 0 Å². The number of amides is 1. The van der Waals surface area contributed by atoms with Crippen LogP contribution in [0.15, 0.2) is 24.3 Å². The van der Waals surface area contributed by atoms with E-state index in [0.29, 0.717) is 13.2 Å². The number of nitrogens with two attached hydrogens (primary N) is 1. The molecule has 2 rings (SSSR count). The third-order valence-corrected chi connectivity index (χ3v) is 2.32. The van der Waals surface area contributed by atoms with E-state index in [9.17, 15) is 4.79 Å². The zero-order valence-corrected chi connectivity index (χ0v) is 7.69. The van der Waals surface area contributed by atoms with Gasteiger partial charge in [0.1, 0.15) is 6.61 Å². The summed E-state index contributed by atoms with van der Waals surface area (Å²) < 4.78 is 4.83. The molecule has 0 aliphatic carbocycles. The molecule has 1 saturated heterocycles. The standard InChI is InChI=1S/C10H12N2O2/c11-5-7-3-1-2-4-8(7)9-6-14-10(13)12-9/h1-4,9H,5-6,11H2,(H,12,13). The van der Waals surface area contributed by atoms with Gasteiger partial charge >= 0.3 is 6.09 Å². The first-order valence-electron chi connectivity index (χ1n) is 4.52. The van der Waals surface area contributed by atoms with Crippen LogP contribution in [0.1, 0.15) is 17.2 Å². The lowest BCUT2D eigenvalue weighted by Gasteiger charge is -2.11. The zero-order chi connectivity index (χ0) is 9.97. The second-order valence-electron chi connectivity index (χ2n) is 3.20. The number of benzene rings is 1. The third-order valence-electron chi connectivity index (χ3n) is 2.32. The van der Waals surface area contributed by atoms with Gasteiger partial charge in [-0.1, -0.05) is 24.3 Å². The summed E-state index contributed by atoms with van der Waals surface area (Å²) in [6.45, 7) is 0.860. The van der Waals surface area contributed by atoms with E-state index in [1.165, 1.54) is 0 Å². The van der Waals surface area contributed by atoms with Crippen molar-refractivity contribution in [2.75, 3.05) is 6.61 Å². The van der Waals surface area contributed by atoms with E-state index in [1.54, 1.807) is 0 Å². The molecule has 1 aromatic rings. The van der Waals surface area contributed by atoms with E-state index in [2.05, 4.69) is 5.32 Å². The number of hydrogen-bond acceptors (Lipinski definition) is 3. The SMILES string of the molecule is NCc1ccccc1C1COC(=O)N1. The molecule has 14 heavy (non-hydrogen) atoms. The number of carbonyl (C=O) groups excluding carboxylic acids is 1. The minimum absolute atomic E-state index is 0.0535. The lowest BCUT2D eigenvalue weighted by atomic mass is 10.0. The Morgan fingerprint density at radius 1 is 1.50 bits per heavy atom. The van der Waals surface area contributed by atoms with Gasteiger partial charge in [-0.15, -0.1) is 0 Å². The number of hydrogen-bond donors (Lipinski definition) is 2. The van der Waals surface area contributed by atoms with Crippen LogP contribution in [0.5, 0.6) is 0 Å². The molecule has 1 atom stereocenters. The normalized spacial score (nSPS) is 20.4. The zero-order valence-electron chi connectivity index (χ0n) is 7.69. The average Bonchev–Trinajstić information content (AvgIpc) is 2.65. The molecule has 0 bridgehead atoms. The maximum Gasteiger partial charge on any atom is 0.407 e. The molecule has 0 saturated carbocycles. The quantitative estimate of drug-likeness (QED) is 0.732. The Kier molecular flexibility index (Phi) is 2.37. The van der Waals surface area contributed by atoms with Gasteiger partial charge in [0.05, 0.1) is 6.04 Å². The average molecular weight is 192 g/mol. The molecular formula is C10H12N2O2. The smallest absolute Gasteiger partial charge is 0.407 e. The molecule has 0 radical (unpaired) electrons. The highest BCUT2D eigenvalue weighted by atomic mass is 16.6. The first-order chi connectivity index (χ1) is 6.81. The van der Waals surface area contributed by atoms with Crippen LogP contribution in [0.4, 0.5) is 4.79 Å². The van der Waals surface area contributed by atoms with Gasteiger partial charge in [0.2, 0.25) is 0 Å². The molecule has 1 fully saturated rings. The van der Waals surface area contributed by atoms with Crippen LogP contribution in [-0.4, -0.2) is 12.7 Å². The fourth-order valence-electron chi connectivity index (χ4n) is 1.61. The molecule has 1 amide bonds. The van der Waals surface area contributed by atoms with Crippen molar-refractivity contribution in [3.8, 4) is 0 Å². The number of carbonyl (C=O) groups is 1. The minimum atomic E-state index is -0.359. The molecule has 1 aliphatic rings. The van der Waals surface area contributed by atoms with Crippen molar-refractivity contribution in [2.24, 2.45) is 5.73 Å². The number of ether oxygens (including phenoxy) is 1. The number of nitrogens with one attached hydrogen (secondary N) is 1. The maximum absolute atomic E-state index is 10.9. The Bertz CT molecular complexity index is 352. The van der Waals surface area contributed by atoms with Gasteiger partial charge in [0.25, 0.3) is 0 Å². The van der Waals surface area contributed by atoms with Gasteiger partial charge in [-0.2, -0.15) is 0 Å². The molecule has 1 heterocycles. The van der Waals surface area contributed by atoms with Crippen molar-refractivity contribution >= 4 is 6.09 Å². The predicted octanol–water partition coefficient (Wildman–Crippen LogP) is 0.926.